The Morgan fingerprint density at radius 3 is 2.75 bits per heavy atom. The van der Waals surface area contributed by atoms with Gasteiger partial charge in [-0.2, -0.15) is 0 Å². The summed E-state index contributed by atoms with van der Waals surface area (Å²) in [7, 11) is 0. The first-order valence-electron chi connectivity index (χ1n) is 6.09. The summed E-state index contributed by atoms with van der Waals surface area (Å²) in [5.41, 5.74) is 7.10. The highest BCUT2D eigenvalue weighted by atomic mass is 79.9. The zero-order chi connectivity index (χ0) is 14.7. The van der Waals surface area contributed by atoms with Crippen molar-refractivity contribution in [3.8, 4) is 5.75 Å². The van der Waals surface area contributed by atoms with Crippen LogP contribution < -0.4 is 10.5 Å². The van der Waals surface area contributed by atoms with Crippen molar-refractivity contribution in [2.45, 2.75) is 19.6 Å². The van der Waals surface area contributed by atoms with Crippen molar-refractivity contribution in [3.05, 3.63) is 62.8 Å². The fraction of sp³-hybridized carbons (Fsp3) is 0.200. The molecule has 0 spiro atoms. The van der Waals surface area contributed by atoms with E-state index in [-0.39, 0.29) is 18.5 Å². The van der Waals surface area contributed by atoms with Crippen molar-refractivity contribution < 1.29 is 9.13 Å². The van der Waals surface area contributed by atoms with Crippen LogP contribution in [0.1, 0.15) is 24.1 Å². The predicted molar refractivity (Wildman–Crippen MR) is 82.5 cm³/mol. The SMILES string of the molecule is C[C@@H](N)c1ccc(Br)cc1OCc1c(F)cccc1Cl. The molecule has 0 heterocycles. The molecule has 2 aromatic rings. The zero-order valence-corrected chi connectivity index (χ0v) is 13.2. The summed E-state index contributed by atoms with van der Waals surface area (Å²) < 4.78 is 20.3. The van der Waals surface area contributed by atoms with Crippen LogP contribution in [0.5, 0.6) is 5.75 Å². The van der Waals surface area contributed by atoms with Crippen molar-refractivity contribution in [1.82, 2.24) is 0 Å². The topological polar surface area (TPSA) is 35.2 Å². The lowest BCUT2D eigenvalue weighted by molar-refractivity contribution is 0.295. The summed E-state index contributed by atoms with van der Waals surface area (Å²) >= 11 is 9.36. The highest BCUT2D eigenvalue weighted by Crippen LogP contribution is 2.29. The van der Waals surface area contributed by atoms with Crippen molar-refractivity contribution >= 4 is 27.5 Å². The largest absolute Gasteiger partial charge is 0.488 e. The Labute approximate surface area is 130 Å². The Morgan fingerprint density at radius 2 is 2.10 bits per heavy atom. The summed E-state index contributed by atoms with van der Waals surface area (Å²) in [4.78, 5) is 0. The van der Waals surface area contributed by atoms with Gasteiger partial charge in [0.15, 0.2) is 0 Å². The van der Waals surface area contributed by atoms with Gasteiger partial charge in [-0.15, -0.1) is 0 Å². The van der Waals surface area contributed by atoms with E-state index in [1.54, 1.807) is 12.1 Å². The standard InChI is InChI=1S/C15H14BrClFNO/c1-9(19)11-6-5-10(16)7-15(11)20-8-12-13(17)3-2-4-14(12)18/h2-7,9H,8,19H2,1H3/t9-/m1/s1. The Morgan fingerprint density at radius 1 is 1.35 bits per heavy atom. The first-order valence-corrected chi connectivity index (χ1v) is 7.27. The van der Waals surface area contributed by atoms with Crippen LogP contribution in [-0.4, -0.2) is 0 Å². The lowest BCUT2D eigenvalue weighted by Crippen LogP contribution is -2.08. The van der Waals surface area contributed by atoms with E-state index in [0.29, 0.717) is 16.3 Å². The van der Waals surface area contributed by atoms with Gasteiger partial charge in [0.1, 0.15) is 18.2 Å². The second-order valence-corrected chi connectivity index (χ2v) is 5.78. The van der Waals surface area contributed by atoms with Gasteiger partial charge in [0.05, 0.1) is 5.02 Å². The molecule has 0 unspecified atom stereocenters. The highest BCUT2D eigenvalue weighted by molar-refractivity contribution is 9.10. The third-order valence-electron chi connectivity index (χ3n) is 2.90. The minimum absolute atomic E-state index is 0.0572. The van der Waals surface area contributed by atoms with Crippen LogP contribution >= 0.6 is 27.5 Å². The molecule has 2 N–H and O–H groups in total. The lowest BCUT2D eigenvalue weighted by Gasteiger charge is -2.15. The number of halogens is 3. The molecule has 1 atom stereocenters. The van der Waals surface area contributed by atoms with Crippen molar-refractivity contribution in [2.24, 2.45) is 5.73 Å². The van der Waals surface area contributed by atoms with Gasteiger partial charge >= 0.3 is 0 Å². The second kappa shape index (κ2) is 6.57. The third-order valence-corrected chi connectivity index (χ3v) is 3.75. The Bertz CT molecular complexity index is 599. The van der Waals surface area contributed by atoms with Crippen LogP contribution in [0.4, 0.5) is 4.39 Å². The van der Waals surface area contributed by atoms with Crippen LogP contribution in [0.3, 0.4) is 0 Å². The van der Waals surface area contributed by atoms with E-state index in [1.165, 1.54) is 6.07 Å². The molecule has 0 saturated carbocycles. The molecule has 5 heteroatoms. The molecular formula is C15H14BrClFNO. The number of rotatable bonds is 4. The molecule has 0 aliphatic rings. The second-order valence-electron chi connectivity index (χ2n) is 4.46. The molecule has 0 radical (unpaired) electrons. The fourth-order valence-corrected chi connectivity index (χ4v) is 2.39. The summed E-state index contributed by atoms with van der Waals surface area (Å²) in [6.45, 7) is 1.92. The van der Waals surface area contributed by atoms with Gasteiger partial charge in [0.25, 0.3) is 0 Å². The number of benzene rings is 2. The first-order chi connectivity index (χ1) is 9.49. The van der Waals surface area contributed by atoms with Gasteiger partial charge < -0.3 is 10.5 Å². The van der Waals surface area contributed by atoms with E-state index in [2.05, 4.69) is 15.9 Å². The average molecular weight is 359 g/mol. The lowest BCUT2D eigenvalue weighted by atomic mass is 10.1. The van der Waals surface area contributed by atoms with Crippen LogP contribution in [0.15, 0.2) is 40.9 Å². The van der Waals surface area contributed by atoms with E-state index in [0.717, 1.165) is 10.0 Å². The minimum Gasteiger partial charge on any atom is -0.488 e. The van der Waals surface area contributed by atoms with Gasteiger partial charge in [-0.3, -0.25) is 0 Å². The number of ether oxygens (including phenoxy) is 1. The first kappa shape index (κ1) is 15.3. The zero-order valence-electron chi connectivity index (χ0n) is 10.9. The molecule has 0 saturated heterocycles. The molecule has 106 valence electrons. The third kappa shape index (κ3) is 3.51. The van der Waals surface area contributed by atoms with Gasteiger partial charge in [0.2, 0.25) is 0 Å². The van der Waals surface area contributed by atoms with E-state index in [9.17, 15) is 4.39 Å². The summed E-state index contributed by atoms with van der Waals surface area (Å²) in [5, 5.41) is 0.349. The quantitative estimate of drug-likeness (QED) is 0.848. The van der Waals surface area contributed by atoms with Crippen molar-refractivity contribution in [2.75, 3.05) is 0 Å². The van der Waals surface area contributed by atoms with Crippen LogP contribution in [-0.2, 0) is 6.61 Å². The molecule has 0 aliphatic carbocycles. The summed E-state index contributed by atoms with van der Waals surface area (Å²) in [6, 6.07) is 9.97. The van der Waals surface area contributed by atoms with E-state index >= 15 is 0 Å². The van der Waals surface area contributed by atoms with Crippen molar-refractivity contribution in [3.63, 3.8) is 0 Å². The van der Waals surface area contributed by atoms with Gasteiger partial charge in [-0.25, -0.2) is 4.39 Å². The van der Waals surface area contributed by atoms with Crippen LogP contribution in [0, 0.1) is 5.82 Å². The maximum Gasteiger partial charge on any atom is 0.131 e. The van der Waals surface area contributed by atoms with Gasteiger partial charge in [-0.1, -0.05) is 39.7 Å². The smallest absolute Gasteiger partial charge is 0.131 e. The number of nitrogens with two attached hydrogens (primary N) is 1. The maximum absolute atomic E-state index is 13.7. The molecule has 0 aromatic heterocycles. The number of hydrogen-bond acceptors (Lipinski definition) is 2. The number of hydrogen-bond donors (Lipinski definition) is 1. The summed E-state index contributed by atoms with van der Waals surface area (Å²) in [6.07, 6.45) is 0. The minimum atomic E-state index is -0.380. The maximum atomic E-state index is 13.7. The molecule has 2 rings (SSSR count). The molecule has 0 aliphatic heterocycles. The Balaban J connectivity index is 2.25. The van der Waals surface area contributed by atoms with E-state index in [1.807, 2.05) is 25.1 Å². The molecule has 0 bridgehead atoms. The fourth-order valence-electron chi connectivity index (χ4n) is 1.83. The molecule has 0 amide bonds. The Kier molecular flexibility index (Phi) is 5.02. The average Bonchev–Trinajstić information content (AvgIpc) is 2.37. The molecule has 20 heavy (non-hydrogen) atoms. The monoisotopic (exact) mass is 357 g/mol. The summed E-state index contributed by atoms with van der Waals surface area (Å²) in [5.74, 6) is 0.239. The van der Waals surface area contributed by atoms with Crippen LogP contribution in [0.2, 0.25) is 5.02 Å². The van der Waals surface area contributed by atoms with Crippen LogP contribution in [0.25, 0.3) is 0 Å². The predicted octanol–water partition coefficient (Wildman–Crippen LogP) is 4.84. The molecule has 2 aromatic carbocycles. The molecule has 0 fully saturated rings. The molecule has 2 nitrogen and oxygen atoms in total. The van der Waals surface area contributed by atoms with Gasteiger partial charge in [0, 0.05) is 21.6 Å². The Hall–Kier alpha value is -1.10. The van der Waals surface area contributed by atoms with E-state index in [4.69, 9.17) is 22.1 Å². The van der Waals surface area contributed by atoms with E-state index < -0.39 is 0 Å². The normalized spacial score (nSPS) is 12.2. The molecular weight excluding hydrogens is 345 g/mol. The van der Waals surface area contributed by atoms with Crippen molar-refractivity contribution in [1.29, 1.82) is 0 Å². The van der Waals surface area contributed by atoms with Gasteiger partial charge in [-0.05, 0) is 31.2 Å². The highest BCUT2D eigenvalue weighted by Gasteiger charge is 2.12.